The fourth-order valence-electron chi connectivity index (χ4n) is 3.96. The third-order valence-electron chi connectivity index (χ3n) is 5.34. The maximum Gasteiger partial charge on any atom is 0.159 e. The van der Waals surface area contributed by atoms with Crippen LogP contribution in [0.1, 0.15) is 38.2 Å². The predicted octanol–water partition coefficient (Wildman–Crippen LogP) is 3.69. The number of rotatable bonds is 5. The first-order valence-electron chi connectivity index (χ1n) is 9.73. The van der Waals surface area contributed by atoms with Crippen molar-refractivity contribution < 1.29 is 0 Å². The molecule has 0 aromatic heterocycles. The van der Waals surface area contributed by atoms with Crippen molar-refractivity contribution >= 4 is 39.8 Å². The highest BCUT2D eigenvalue weighted by Crippen LogP contribution is 2.25. The monoisotopic (exact) mass is 390 g/mol. The van der Waals surface area contributed by atoms with E-state index in [4.69, 9.17) is 18.0 Å². The van der Waals surface area contributed by atoms with Crippen LogP contribution >= 0.6 is 24.0 Å². The molecule has 1 aliphatic carbocycles. The molecule has 0 unspecified atom stereocenters. The second-order valence-electron chi connectivity index (χ2n) is 7.08. The molecule has 2 aliphatic rings. The lowest BCUT2D eigenvalue weighted by atomic mass is 10.1. The summed E-state index contributed by atoms with van der Waals surface area (Å²) in [6.45, 7) is 6.70. The van der Waals surface area contributed by atoms with E-state index in [-0.39, 0.29) is 0 Å². The summed E-state index contributed by atoms with van der Waals surface area (Å²) in [6, 6.07) is 9.63. The Morgan fingerprint density at radius 2 is 1.81 bits per heavy atom. The Morgan fingerprint density at radius 1 is 1.15 bits per heavy atom. The molecule has 6 heteroatoms. The third-order valence-corrected chi connectivity index (χ3v) is 6.25. The van der Waals surface area contributed by atoms with E-state index in [2.05, 4.69) is 46.0 Å². The fourth-order valence-corrected chi connectivity index (χ4v) is 4.75. The van der Waals surface area contributed by atoms with Gasteiger partial charge in [0.1, 0.15) is 4.99 Å². The van der Waals surface area contributed by atoms with Crippen LogP contribution in [-0.2, 0) is 6.42 Å². The summed E-state index contributed by atoms with van der Waals surface area (Å²) in [4.78, 5) is 10.2. The van der Waals surface area contributed by atoms with Crippen LogP contribution in [0, 0.1) is 0 Å². The van der Waals surface area contributed by atoms with Gasteiger partial charge in [0.2, 0.25) is 0 Å². The molecule has 4 nitrogen and oxygen atoms in total. The lowest BCUT2D eigenvalue weighted by Crippen LogP contribution is -2.49. The largest absolute Gasteiger partial charge is 0.378 e. The van der Waals surface area contributed by atoms with Crippen LogP contribution in [0.4, 0.5) is 5.69 Å². The Labute approximate surface area is 167 Å². The summed E-state index contributed by atoms with van der Waals surface area (Å²) in [7, 11) is 0. The minimum absolute atomic E-state index is 0.564. The maximum absolute atomic E-state index is 5.83. The smallest absolute Gasteiger partial charge is 0.159 e. The van der Waals surface area contributed by atoms with Crippen LogP contribution in [0.15, 0.2) is 29.3 Å². The van der Waals surface area contributed by atoms with Gasteiger partial charge in [0, 0.05) is 44.3 Å². The second-order valence-corrected chi connectivity index (χ2v) is 8.84. The van der Waals surface area contributed by atoms with Crippen LogP contribution in [0.5, 0.6) is 0 Å². The van der Waals surface area contributed by atoms with Gasteiger partial charge in [0.15, 0.2) is 5.17 Å². The summed E-state index contributed by atoms with van der Waals surface area (Å²) in [6.07, 6.45) is 6.31. The van der Waals surface area contributed by atoms with E-state index >= 15 is 0 Å². The zero-order chi connectivity index (χ0) is 18.4. The first-order valence-corrected chi connectivity index (χ1v) is 11.1. The number of benzene rings is 1. The van der Waals surface area contributed by atoms with Crippen molar-refractivity contribution in [1.82, 2.24) is 4.90 Å². The molecule has 142 valence electrons. The molecule has 1 aromatic carbocycles. The lowest BCUT2D eigenvalue weighted by molar-refractivity contribution is 0.187. The van der Waals surface area contributed by atoms with Gasteiger partial charge in [-0.05, 0) is 36.3 Å². The van der Waals surface area contributed by atoms with Gasteiger partial charge in [0.05, 0.1) is 0 Å². The van der Waals surface area contributed by atoms with E-state index in [9.17, 15) is 0 Å². The molecule has 1 saturated carbocycles. The lowest BCUT2D eigenvalue weighted by Gasteiger charge is -2.39. The molecule has 0 amide bonds. The molecule has 1 saturated heterocycles. The van der Waals surface area contributed by atoms with E-state index in [0.29, 0.717) is 16.6 Å². The number of aliphatic imine (C=N–C) groups is 1. The minimum atomic E-state index is 0.564. The van der Waals surface area contributed by atoms with Crippen molar-refractivity contribution in [2.75, 3.05) is 36.8 Å². The van der Waals surface area contributed by atoms with Crippen molar-refractivity contribution in [2.24, 2.45) is 10.7 Å². The predicted molar refractivity (Wildman–Crippen MR) is 119 cm³/mol. The molecule has 1 heterocycles. The Bertz CT molecular complexity index is 615. The van der Waals surface area contributed by atoms with Gasteiger partial charge < -0.3 is 10.6 Å². The summed E-state index contributed by atoms with van der Waals surface area (Å²) < 4.78 is 0. The number of nitrogens with zero attached hydrogens (tertiary/aromatic N) is 3. The van der Waals surface area contributed by atoms with Crippen LogP contribution in [0.3, 0.4) is 0 Å². The molecule has 26 heavy (non-hydrogen) atoms. The number of nitrogens with two attached hydrogens (primary N) is 1. The zero-order valence-corrected chi connectivity index (χ0v) is 17.3. The highest BCUT2D eigenvalue weighted by molar-refractivity contribution is 8.13. The number of hydrogen-bond acceptors (Lipinski definition) is 4. The maximum atomic E-state index is 5.83. The fraction of sp³-hybridized carbons (Fsp3) is 0.600. The number of hydrogen-bond donors (Lipinski definition) is 1. The normalized spacial score (nSPS) is 19.9. The van der Waals surface area contributed by atoms with Crippen molar-refractivity contribution in [3.8, 4) is 0 Å². The van der Waals surface area contributed by atoms with Crippen LogP contribution < -0.4 is 10.6 Å². The number of amidine groups is 1. The van der Waals surface area contributed by atoms with Crippen molar-refractivity contribution in [3.05, 3.63) is 29.8 Å². The van der Waals surface area contributed by atoms with Gasteiger partial charge in [-0.25, -0.2) is 4.99 Å². The van der Waals surface area contributed by atoms with Gasteiger partial charge >= 0.3 is 0 Å². The van der Waals surface area contributed by atoms with Crippen LogP contribution in [0.2, 0.25) is 0 Å². The Morgan fingerprint density at radius 3 is 2.42 bits per heavy atom. The quantitative estimate of drug-likeness (QED) is 0.472. The molecule has 0 radical (unpaired) electrons. The minimum Gasteiger partial charge on any atom is -0.378 e. The number of piperazine rings is 1. The SMILES string of the molecule is CCSC(N)=NC(=S)Cc1ccc(N2CCN(C3CCCC3)CC2)cc1. The first-order chi connectivity index (χ1) is 12.7. The molecule has 0 atom stereocenters. The Balaban J connectivity index is 1.50. The Kier molecular flexibility index (Phi) is 7.34. The average Bonchev–Trinajstić information content (AvgIpc) is 3.17. The topological polar surface area (TPSA) is 44.9 Å². The summed E-state index contributed by atoms with van der Waals surface area (Å²) >= 11 is 6.88. The standard InChI is InChI=1S/C20H30N4S2/c1-2-26-20(21)22-19(25)15-16-7-9-18(10-8-16)24-13-11-23(12-14-24)17-5-3-4-6-17/h7-10,17H,2-6,11-15H2,1H3,(H2,21,22,25). The molecule has 2 fully saturated rings. The van der Waals surface area contributed by atoms with Gasteiger partial charge in [-0.15, -0.1) is 0 Å². The van der Waals surface area contributed by atoms with E-state index in [1.807, 2.05) is 0 Å². The number of anilines is 1. The van der Waals surface area contributed by atoms with Crippen molar-refractivity contribution in [2.45, 2.75) is 45.1 Å². The highest BCUT2D eigenvalue weighted by atomic mass is 32.2. The molecule has 1 aliphatic heterocycles. The van der Waals surface area contributed by atoms with Gasteiger partial charge in [-0.2, -0.15) is 0 Å². The molecule has 0 bridgehead atoms. The van der Waals surface area contributed by atoms with Gasteiger partial charge in [0.25, 0.3) is 0 Å². The average molecular weight is 391 g/mol. The second kappa shape index (κ2) is 9.72. The molecule has 2 N–H and O–H groups in total. The summed E-state index contributed by atoms with van der Waals surface area (Å²) in [5.74, 6) is 0.917. The highest BCUT2D eigenvalue weighted by Gasteiger charge is 2.26. The van der Waals surface area contributed by atoms with Gasteiger partial charge in [-0.1, -0.05) is 55.9 Å². The van der Waals surface area contributed by atoms with Crippen LogP contribution in [-0.4, -0.2) is 53.0 Å². The Hall–Kier alpha value is -1.11. The summed E-state index contributed by atoms with van der Waals surface area (Å²) in [5.41, 5.74) is 8.34. The molecule has 1 aromatic rings. The third kappa shape index (κ3) is 5.44. The molecular formula is C20H30N4S2. The molecule has 0 spiro atoms. The van der Waals surface area contributed by atoms with E-state index < -0.39 is 0 Å². The first kappa shape index (κ1) is 19.6. The van der Waals surface area contributed by atoms with Gasteiger partial charge in [-0.3, -0.25) is 4.90 Å². The van der Waals surface area contributed by atoms with Crippen molar-refractivity contribution in [3.63, 3.8) is 0 Å². The summed E-state index contributed by atoms with van der Waals surface area (Å²) in [5, 5.41) is 0.564. The van der Waals surface area contributed by atoms with E-state index in [0.717, 1.165) is 24.9 Å². The zero-order valence-electron chi connectivity index (χ0n) is 15.7. The number of thioether (sulfide) groups is 1. The molecular weight excluding hydrogens is 360 g/mol. The van der Waals surface area contributed by atoms with Crippen molar-refractivity contribution in [1.29, 1.82) is 0 Å². The molecule has 3 rings (SSSR count). The number of thiocarbonyl (C=S) groups is 1. The van der Waals surface area contributed by atoms with E-state index in [1.54, 1.807) is 0 Å². The van der Waals surface area contributed by atoms with E-state index in [1.165, 1.54) is 61.8 Å². The van der Waals surface area contributed by atoms with Crippen LogP contribution in [0.25, 0.3) is 0 Å².